The molecule has 2 N–H and O–H groups in total. The lowest BCUT2D eigenvalue weighted by atomic mass is 10.1. The first-order chi connectivity index (χ1) is 11.6. The van der Waals surface area contributed by atoms with Crippen molar-refractivity contribution >= 4 is 34.8 Å². The summed E-state index contributed by atoms with van der Waals surface area (Å²) in [5, 5.41) is 9.05. The topological polar surface area (TPSA) is 84.5 Å². The maximum Gasteiger partial charge on any atom is 0.339 e. The second-order valence-electron chi connectivity index (χ2n) is 4.96. The Labute approximate surface area is 143 Å². The Kier molecular flexibility index (Phi) is 6.51. The molecule has 1 aromatic heterocycles. The van der Waals surface area contributed by atoms with Crippen molar-refractivity contribution in [1.82, 2.24) is 5.32 Å². The molecule has 126 valence electrons. The highest BCUT2D eigenvalue weighted by Gasteiger charge is 2.13. The van der Waals surface area contributed by atoms with Gasteiger partial charge in [-0.1, -0.05) is 12.1 Å². The van der Waals surface area contributed by atoms with Crippen LogP contribution in [0.25, 0.3) is 0 Å². The molecule has 0 saturated heterocycles. The predicted molar refractivity (Wildman–Crippen MR) is 92.3 cm³/mol. The van der Waals surface area contributed by atoms with Crippen molar-refractivity contribution < 1.29 is 19.1 Å². The number of amides is 2. The van der Waals surface area contributed by atoms with E-state index in [0.717, 1.165) is 0 Å². The fourth-order valence-electron chi connectivity index (χ4n) is 2.04. The third-order valence-electron chi connectivity index (χ3n) is 3.26. The Morgan fingerprint density at radius 2 is 1.96 bits per heavy atom. The molecule has 0 aliphatic heterocycles. The van der Waals surface area contributed by atoms with Crippen molar-refractivity contribution in [2.24, 2.45) is 0 Å². The summed E-state index contributed by atoms with van der Waals surface area (Å²) in [5.74, 6) is -0.877. The standard InChI is InChI=1S/C17H18N2O4S/c1-23-17(22)13-5-2-3-6-14(13)19-15(20)7-4-9-18-16(21)12-8-10-24-11-12/h2-3,5-6,8,10-11H,4,7,9H2,1H3,(H,18,21)(H,19,20). The van der Waals surface area contributed by atoms with Gasteiger partial charge in [0.05, 0.1) is 18.4 Å². The lowest BCUT2D eigenvalue weighted by Gasteiger charge is -2.09. The fourth-order valence-corrected chi connectivity index (χ4v) is 2.68. The molecule has 2 rings (SSSR count). The van der Waals surface area contributed by atoms with Gasteiger partial charge >= 0.3 is 5.97 Å². The Morgan fingerprint density at radius 1 is 1.17 bits per heavy atom. The first-order valence-electron chi connectivity index (χ1n) is 7.39. The summed E-state index contributed by atoms with van der Waals surface area (Å²) in [6.07, 6.45) is 0.738. The highest BCUT2D eigenvalue weighted by atomic mass is 32.1. The molecule has 0 saturated carbocycles. The van der Waals surface area contributed by atoms with Crippen LogP contribution in [0.3, 0.4) is 0 Å². The van der Waals surface area contributed by atoms with E-state index in [-0.39, 0.29) is 18.2 Å². The second kappa shape index (κ2) is 8.83. The van der Waals surface area contributed by atoms with Crippen LogP contribution < -0.4 is 10.6 Å². The summed E-state index contributed by atoms with van der Waals surface area (Å²) in [5.41, 5.74) is 1.34. The number of benzene rings is 1. The van der Waals surface area contributed by atoms with E-state index in [2.05, 4.69) is 15.4 Å². The highest BCUT2D eigenvalue weighted by molar-refractivity contribution is 7.08. The first kappa shape index (κ1) is 17.7. The van der Waals surface area contributed by atoms with Crippen LogP contribution in [-0.4, -0.2) is 31.4 Å². The van der Waals surface area contributed by atoms with Crippen LogP contribution in [-0.2, 0) is 9.53 Å². The lowest BCUT2D eigenvalue weighted by molar-refractivity contribution is -0.116. The minimum absolute atomic E-state index is 0.146. The molecule has 0 aliphatic rings. The van der Waals surface area contributed by atoms with Crippen molar-refractivity contribution in [3.63, 3.8) is 0 Å². The molecule has 1 heterocycles. The number of para-hydroxylation sites is 1. The summed E-state index contributed by atoms with van der Waals surface area (Å²) in [7, 11) is 1.29. The maximum atomic E-state index is 12.0. The average Bonchev–Trinajstić information content (AvgIpc) is 3.13. The van der Waals surface area contributed by atoms with Crippen molar-refractivity contribution in [3.05, 3.63) is 52.2 Å². The van der Waals surface area contributed by atoms with E-state index in [1.54, 1.807) is 35.7 Å². The third-order valence-corrected chi connectivity index (χ3v) is 3.94. The molecule has 1 aromatic carbocycles. The van der Waals surface area contributed by atoms with Gasteiger partial charge in [0.1, 0.15) is 0 Å². The quantitative estimate of drug-likeness (QED) is 0.596. The number of nitrogens with one attached hydrogen (secondary N) is 2. The molecular weight excluding hydrogens is 328 g/mol. The van der Waals surface area contributed by atoms with Crippen LogP contribution >= 0.6 is 11.3 Å². The molecule has 0 unspecified atom stereocenters. The number of ether oxygens (including phenoxy) is 1. The molecule has 0 radical (unpaired) electrons. The van der Waals surface area contributed by atoms with Crippen molar-refractivity contribution in [3.8, 4) is 0 Å². The van der Waals surface area contributed by atoms with E-state index >= 15 is 0 Å². The summed E-state index contributed by atoms with van der Waals surface area (Å²) in [4.78, 5) is 35.4. The Balaban J connectivity index is 1.78. The maximum absolute atomic E-state index is 12.0. The number of esters is 1. The number of anilines is 1. The minimum atomic E-state index is -0.506. The minimum Gasteiger partial charge on any atom is -0.465 e. The number of carbonyl (C=O) groups is 3. The number of hydrogen-bond acceptors (Lipinski definition) is 5. The Bertz CT molecular complexity index is 713. The smallest absolute Gasteiger partial charge is 0.339 e. The van der Waals surface area contributed by atoms with Crippen molar-refractivity contribution in [1.29, 1.82) is 0 Å². The molecule has 7 heteroatoms. The zero-order chi connectivity index (χ0) is 17.4. The van der Waals surface area contributed by atoms with Crippen molar-refractivity contribution in [2.75, 3.05) is 19.0 Å². The number of methoxy groups -OCH3 is 1. The van der Waals surface area contributed by atoms with Gasteiger partial charge in [0.2, 0.25) is 5.91 Å². The van der Waals surface area contributed by atoms with Crippen LogP contribution in [0.15, 0.2) is 41.1 Å². The number of rotatable bonds is 7. The van der Waals surface area contributed by atoms with Gasteiger partial charge in [-0.05, 0) is 30.0 Å². The van der Waals surface area contributed by atoms with Crippen LogP contribution in [0.1, 0.15) is 33.6 Å². The molecule has 24 heavy (non-hydrogen) atoms. The van der Waals surface area contributed by atoms with Gasteiger partial charge in [0.25, 0.3) is 5.91 Å². The number of thiophene rings is 1. The van der Waals surface area contributed by atoms with Crippen LogP contribution in [0.5, 0.6) is 0 Å². The molecule has 0 spiro atoms. The zero-order valence-corrected chi connectivity index (χ0v) is 14.0. The molecule has 0 fully saturated rings. The molecule has 2 aromatic rings. The van der Waals surface area contributed by atoms with E-state index in [1.807, 2.05) is 5.38 Å². The summed E-state index contributed by atoms with van der Waals surface area (Å²) < 4.78 is 4.68. The van der Waals surface area contributed by atoms with Gasteiger partial charge in [-0.2, -0.15) is 11.3 Å². The predicted octanol–water partition coefficient (Wildman–Crippen LogP) is 2.68. The number of carbonyl (C=O) groups excluding carboxylic acids is 3. The molecule has 0 atom stereocenters. The van der Waals surface area contributed by atoms with Gasteiger partial charge in [0, 0.05) is 23.9 Å². The molecule has 0 aliphatic carbocycles. The first-order valence-corrected chi connectivity index (χ1v) is 8.33. The summed E-state index contributed by atoms with van der Waals surface area (Å²) >= 11 is 1.46. The number of hydrogen-bond donors (Lipinski definition) is 2. The monoisotopic (exact) mass is 346 g/mol. The zero-order valence-electron chi connectivity index (χ0n) is 13.2. The van der Waals surface area contributed by atoms with E-state index in [1.165, 1.54) is 18.4 Å². The normalized spacial score (nSPS) is 10.0. The van der Waals surface area contributed by atoms with Crippen LogP contribution in [0.4, 0.5) is 5.69 Å². The third kappa shape index (κ3) is 4.92. The van der Waals surface area contributed by atoms with Gasteiger partial charge in [0.15, 0.2) is 0 Å². The SMILES string of the molecule is COC(=O)c1ccccc1NC(=O)CCCNC(=O)c1ccsc1. The van der Waals surface area contributed by atoms with E-state index in [4.69, 9.17) is 0 Å². The average molecular weight is 346 g/mol. The Morgan fingerprint density at radius 3 is 2.67 bits per heavy atom. The molecule has 2 amide bonds. The van der Waals surface area contributed by atoms with Crippen LogP contribution in [0, 0.1) is 0 Å². The molecule has 0 bridgehead atoms. The highest BCUT2D eigenvalue weighted by Crippen LogP contribution is 2.16. The Hall–Kier alpha value is -2.67. The van der Waals surface area contributed by atoms with E-state index in [9.17, 15) is 14.4 Å². The molecular formula is C17H18N2O4S. The fraction of sp³-hybridized carbons (Fsp3) is 0.235. The molecule has 6 nitrogen and oxygen atoms in total. The van der Waals surface area contributed by atoms with Gasteiger partial charge in [-0.25, -0.2) is 4.79 Å². The van der Waals surface area contributed by atoms with E-state index in [0.29, 0.717) is 29.8 Å². The van der Waals surface area contributed by atoms with Gasteiger partial charge in [-0.3, -0.25) is 9.59 Å². The summed E-state index contributed by atoms with van der Waals surface area (Å²) in [6.45, 7) is 0.404. The summed E-state index contributed by atoms with van der Waals surface area (Å²) in [6, 6.07) is 8.40. The van der Waals surface area contributed by atoms with Crippen molar-refractivity contribution in [2.45, 2.75) is 12.8 Å². The second-order valence-corrected chi connectivity index (χ2v) is 5.74. The van der Waals surface area contributed by atoms with E-state index < -0.39 is 5.97 Å². The largest absolute Gasteiger partial charge is 0.465 e. The lowest BCUT2D eigenvalue weighted by Crippen LogP contribution is -2.25. The van der Waals surface area contributed by atoms with Gasteiger partial charge in [-0.15, -0.1) is 0 Å². The van der Waals surface area contributed by atoms with Crippen LogP contribution in [0.2, 0.25) is 0 Å². The van der Waals surface area contributed by atoms with Gasteiger partial charge < -0.3 is 15.4 Å².